The molecule has 1 aliphatic rings. The van der Waals surface area contributed by atoms with Crippen molar-refractivity contribution in [2.75, 3.05) is 13.1 Å². The summed E-state index contributed by atoms with van der Waals surface area (Å²) >= 11 is 0. The van der Waals surface area contributed by atoms with Crippen LogP contribution in [0.5, 0.6) is 0 Å². The Bertz CT molecular complexity index is 886. The van der Waals surface area contributed by atoms with E-state index in [2.05, 4.69) is 5.32 Å². The van der Waals surface area contributed by atoms with E-state index < -0.39 is 17.6 Å². The number of amides is 2. The molecule has 2 aromatic rings. The van der Waals surface area contributed by atoms with Crippen LogP contribution in [-0.4, -0.2) is 35.8 Å². The molecule has 4 nitrogen and oxygen atoms in total. The fraction of sp³-hybridized carbons (Fsp3) is 0.391. The molecule has 0 bridgehead atoms. The van der Waals surface area contributed by atoms with Gasteiger partial charge in [-0.05, 0) is 43.9 Å². The first-order valence-electron chi connectivity index (χ1n) is 10.0. The number of carbonyl (C=O) groups is 2. The topological polar surface area (TPSA) is 49.4 Å². The molecule has 0 unspecified atom stereocenters. The van der Waals surface area contributed by atoms with Gasteiger partial charge in [-0.2, -0.15) is 13.2 Å². The van der Waals surface area contributed by atoms with Gasteiger partial charge in [0.25, 0.3) is 5.91 Å². The minimum atomic E-state index is -4.58. The number of nitrogens with one attached hydrogen (secondary N) is 1. The Kier molecular flexibility index (Phi) is 6.80. The second kappa shape index (κ2) is 9.32. The van der Waals surface area contributed by atoms with E-state index in [1.54, 1.807) is 4.90 Å². The van der Waals surface area contributed by atoms with Crippen molar-refractivity contribution in [2.45, 2.75) is 44.8 Å². The van der Waals surface area contributed by atoms with Crippen molar-refractivity contribution in [2.24, 2.45) is 0 Å². The highest BCUT2D eigenvalue weighted by atomic mass is 19.4. The number of hydrogen-bond acceptors (Lipinski definition) is 2. The number of hydrogen-bond donors (Lipinski definition) is 1. The Morgan fingerprint density at radius 1 is 1.03 bits per heavy atom. The van der Waals surface area contributed by atoms with Crippen molar-refractivity contribution < 1.29 is 22.8 Å². The maximum Gasteiger partial charge on any atom is 0.417 e. The van der Waals surface area contributed by atoms with Crippen LogP contribution >= 0.6 is 0 Å². The van der Waals surface area contributed by atoms with Gasteiger partial charge < -0.3 is 10.2 Å². The number of benzene rings is 2. The van der Waals surface area contributed by atoms with Crippen molar-refractivity contribution in [1.29, 1.82) is 0 Å². The number of likely N-dealkylation sites (tertiary alicyclic amines) is 1. The first kappa shape index (κ1) is 21.9. The van der Waals surface area contributed by atoms with Crippen molar-refractivity contribution in [3.05, 3.63) is 70.8 Å². The maximum absolute atomic E-state index is 13.1. The molecule has 1 fully saturated rings. The maximum atomic E-state index is 13.1. The monoisotopic (exact) mass is 418 g/mol. The molecule has 0 radical (unpaired) electrons. The van der Waals surface area contributed by atoms with Gasteiger partial charge in [-0.3, -0.25) is 9.59 Å². The van der Waals surface area contributed by atoms with Crippen LogP contribution in [0.4, 0.5) is 13.2 Å². The minimum absolute atomic E-state index is 0.0581. The molecular formula is C23H25F3N2O2. The number of rotatable bonds is 5. The molecule has 1 heterocycles. The smallest absolute Gasteiger partial charge is 0.349 e. The lowest BCUT2D eigenvalue weighted by atomic mass is 10.0. The van der Waals surface area contributed by atoms with E-state index in [0.29, 0.717) is 38.8 Å². The average molecular weight is 418 g/mol. The van der Waals surface area contributed by atoms with Crippen molar-refractivity contribution in [3.63, 3.8) is 0 Å². The van der Waals surface area contributed by atoms with Gasteiger partial charge in [-0.15, -0.1) is 0 Å². The number of alkyl halides is 3. The summed E-state index contributed by atoms with van der Waals surface area (Å²) in [6.07, 6.45) is -2.45. The molecule has 30 heavy (non-hydrogen) atoms. The highest BCUT2D eigenvalue weighted by Crippen LogP contribution is 2.32. The summed E-state index contributed by atoms with van der Waals surface area (Å²) in [7, 11) is 0. The zero-order chi connectivity index (χ0) is 21.7. The second-order valence-electron chi connectivity index (χ2n) is 7.66. The normalized spacial score (nSPS) is 15.1. The molecule has 7 heteroatoms. The average Bonchev–Trinajstić information content (AvgIpc) is 2.73. The third-order valence-electron chi connectivity index (χ3n) is 5.41. The zero-order valence-electron chi connectivity index (χ0n) is 16.8. The summed E-state index contributed by atoms with van der Waals surface area (Å²) in [5.41, 5.74) is 0.972. The molecule has 2 aromatic carbocycles. The van der Waals surface area contributed by atoms with Crippen LogP contribution in [-0.2, 0) is 17.4 Å². The number of halogens is 3. The number of nitrogens with zero attached hydrogens (tertiary/aromatic N) is 1. The summed E-state index contributed by atoms with van der Waals surface area (Å²) < 4.78 is 39.4. The SMILES string of the molecule is Cc1ccc(CCC(=O)N2CCC(NC(=O)c3ccccc3C(F)(F)F)CC2)cc1. The summed E-state index contributed by atoms with van der Waals surface area (Å²) in [5.74, 6) is -0.671. The Morgan fingerprint density at radius 3 is 2.30 bits per heavy atom. The Balaban J connectivity index is 1.49. The van der Waals surface area contributed by atoms with Crippen LogP contribution in [0.1, 0.15) is 46.3 Å². The molecule has 1 aliphatic heterocycles. The van der Waals surface area contributed by atoms with E-state index >= 15 is 0 Å². The summed E-state index contributed by atoms with van der Waals surface area (Å²) in [6.45, 7) is 2.98. The lowest BCUT2D eigenvalue weighted by Crippen LogP contribution is -2.46. The van der Waals surface area contributed by atoms with E-state index in [9.17, 15) is 22.8 Å². The van der Waals surface area contributed by atoms with E-state index in [-0.39, 0.29) is 17.5 Å². The predicted molar refractivity (Wildman–Crippen MR) is 108 cm³/mol. The van der Waals surface area contributed by atoms with E-state index in [1.165, 1.54) is 23.8 Å². The fourth-order valence-electron chi connectivity index (χ4n) is 3.63. The van der Waals surface area contributed by atoms with Gasteiger partial charge in [-0.25, -0.2) is 0 Å². The van der Waals surface area contributed by atoms with Crippen molar-refractivity contribution >= 4 is 11.8 Å². The first-order valence-corrected chi connectivity index (χ1v) is 10.0. The van der Waals surface area contributed by atoms with Gasteiger partial charge in [0.05, 0.1) is 11.1 Å². The zero-order valence-corrected chi connectivity index (χ0v) is 16.8. The van der Waals surface area contributed by atoms with Gasteiger partial charge in [0.1, 0.15) is 0 Å². The third kappa shape index (κ3) is 5.62. The lowest BCUT2D eigenvalue weighted by molar-refractivity contribution is -0.138. The molecule has 0 aliphatic carbocycles. The molecule has 2 amide bonds. The van der Waals surface area contributed by atoms with Crippen molar-refractivity contribution in [1.82, 2.24) is 10.2 Å². The van der Waals surface area contributed by atoms with Gasteiger partial charge in [0.2, 0.25) is 5.91 Å². The van der Waals surface area contributed by atoms with E-state index in [1.807, 2.05) is 31.2 Å². The van der Waals surface area contributed by atoms with E-state index in [0.717, 1.165) is 11.6 Å². The highest BCUT2D eigenvalue weighted by molar-refractivity contribution is 5.96. The summed E-state index contributed by atoms with van der Waals surface area (Å²) in [5, 5.41) is 2.69. The Morgan fingerprint density at radius 2 is 1.67 bits per heavy atom. The fourth-order valence-corrected chi connectivity index (χ4v) is 3.63. The van der Waals surface area contributed by atoms with Crippen LogP contribution in [0.25, 0.3) is 0 Å². The minimum Gasteiger partial charge on any atom is -0.349 e. The van der Waals surface area contributed by atoms with Crippen LogP contribution < -0.4 is 5.32 Å². The van der Waals surface area contributed by atoms with Crippen molar-refractivity contribution in [3.8, 4) is 0 Å². The molecule has 0 spiro atoms. The molecule has 0 atom stereocenters. The molecular weight excluding hydrogens is 393 g/mol. The standard InChI is InChI=1S/C23H25F3N2O2/c1-16-6-8-17(9-7-16)10-11-21(29)28-14-12-18(13-15-28)27-22(30)19-4-2-3-5-20(19)23(24,25)26/h2-9,18H,10-15H2,1H3,(H,27,30). The van der Waals surface area contributed by atoms with E-state index in [4.69, 9.17) is 0 Å². The first-order chi connectivity index (χ1) is 14.2. The molecule has 1 saturated heterocycles. The van der Waals surface area contributed by atoms with Gasteiger partial charge in [0, 0.05) is 25.6 Å². The highest BCUT2D eigenvalue weighted by Gasteiger charge is 2.35. The summed E-state index contributed by atoms with van der Waals surface area (Å²) in [4.78, 5) is 26.6. The quantitative estimate of drug-likeness (QED) is 0.784. The number of carbonyl (C=O) groups excluding carboxylic acids is 2. The molecule has 1 N–H and O–H groups in total. The lowest BCUT2D eigenvalue weighted by Gasteiger charge is -2.32. The molecule has 3 rings (SSSR count). The van der Waals surface area contributed by atoms with Gasteiger partial charge in [0.15, 0.2) is 0 Å². The molecule has 0 saturated carbocycles. The third-order valence-corrected chi connectivity index (χ3v) is 5.41. The predicted octanol–water partition coefficient (Wildman–Crippen LogP) is 4.37. The molecule has 160 valence electrons. The number of aryl methyl sites for hydroxylation is 2. The van der Waals surface area contributed by atoms with Gasteiger partial charge >= 0.3 is 6.18 Å². The second-order valence-corrected chi connectivity index (χ2v) is 7.66. The van der Waals surface area contributed by atoms with Crippen LogP contribution in [0.2, 0.25) is 0 Å². The Hall–Kier alpha value is -2.83. The molecule has 0 aromatic heterocycles. The number of piperidine rings is 1. The summed E-state index contributed by atoms with van der Waals surface area (Å²) in [6, 6.07) is 12.6. The Labute approximate surface area is 174 Å². The van der Waals surface area contributed by atoms with Crippen LogP contribution in [0.15, 0.2) is 48.5 Å². The van der Waals surface area contributed by atoms with Crippen LogP contribution in [0, 0.1) is 6.92 Å². The van der Waals surface area contributed by atoms with Crippen LogP contribution in [0.3, 0.4) is 0 Å². The van der Waals surface area contributed by atoms with Gasteiger partial charge in [-0.1, -0.05) is 42.0 Å². The largest absolute Gasteiger partial charge is 0.417 e.